The number of hydrogen-bond acceptors (Lipinski definition) is 4. The van der Waals surface area contributed by atoms with E-state index in [1.54, 1.807) is 41.2 Å². The molecule has 1 aliphatic heterocycles. The summed E-state index contributed by atoms with van der Waals surface area (Å²) in [5, 5.41) is 18.3. The number of nitrogens with zero attached hydrogens (tertiary/aromatic N) is 4. The average molecular weight is 497 g/mol. The Morgan fingerprint density at radius 3 is 2.35 bits per heavy atom. The molecule has 7 nitrogen and oxygen atoms in total. The highest BCUT2D eigenvalue weighted by molar-refractivity contribution is 6.53. The molecule has 1 aliphatic rings. The van der Waals surface area contributed by atoms with Crippen molar-refractivity contribution in [1.82, 2.24) is 9.78 Å². The van der Waals surface area contributed by atoms with E-state index in [4.69, 9.17) is 0 Å². The molecular weight excluding hydrogens is 471 g/mol. The quantitative estimate of drug-likeness (QED) is 0.300. The molecule has 3 heterocycles. The van der Waals surface area contributed by atoms with Crippen LogP contribution in [0, 0.1) is 19.7 Å². The number of pyridine rings is 1. The summed E-state index contributed by atoms with van der Waals surface area (Å²) in [5.41, 5.74) is 3.14. The highest BCUT2D eigenvalue weighted by Gasteiger charge is 2.47. The third kappa shape index (κ3) is 4.20. The van der Waals surface area contributed by atoms with Crippen molar-refractivity contribution in [2.45, 2.75) is 33.6 Å². The molecule has 5 rings (SSSR count). The van der Waals surface area contributed by atoms with Crippen LogP contribution >= 0.6 is 0 Å². The van der Waals surface area contributed by atoms with Crippen molar-refractivity contribution in [1.29, 1.82) is 0 Å². The van der Waals surface area contributed by atoms with Gasteiger partial charge in [0, 0.05) is 17.2 Å². The average Bonchev–Trinajstić information content (AvgIpc) is 3.31. The molecule has 0 aliphatic carbocycles. The van der Waals surface area contributed by atoms with Crippen molar-refractivity contribution in [2.75, 3.05) is 4.90 Å². The molecule has 0 unspecified atom stereocenters. The number of anilines is 1. The van der Waals surface area contributed by atoms with E-state index in [-0.39, 0.29) is 16.8 Å². The monoisotopic (exact) mass is 496 g/mol. The standard InChI is InChI=1S/C29H25FN4O3/c1-4-7-23-24(28(36)34(31-23)21-13-11-20(30)12-14-21)25-26(32-15-6-9-19(3)17-32)29(37)33(27(25)35)22-10-5-8-18(2)16-22/h5-6,8-17H,4,7H2,1-3H3. The summed E-state index contributed by atoms with van der Waals surface area (Å²) in [7, 11) is 0. The summed E-state index contributed by atoms with van der Waals surface area (Å²) < 4.78 is 16.3. The molecule has 0 saturated heterocycles. The zero-order valence-corrected chi connectivity index (χ0v) is 20.7. The van der Waals surface area contributed by atoms with E-state index in [1.165, 1.54) is 28.9 Å². The summed E-state index contributed by atoms with van der Waals surface area (Å²) in [6.45, 7) is 5.70. The second-order valence-corrected chi connectivity index (χ2v) is 9.06. The second kappa shape index (κ2) is 9.46. The maximum atomic E-state index is 14.0. The van der Waals surface area contributed by atoms with Gasteiger partial charge >= 0.3 is 5.91 Å². The van der Waals surface area contributed by atoms with Crippen molar-refractivity contribution in [3.8, 4) is 11.6 Å². The predicted octanol–water partition coefficient (Wildman–Crippen LogP) is 3.88. The van der Waals surface area contributed by atoms with Gasteiger partial charge in [-0.05, 0) is 74.2 Å². The van der Waals surface area contributed by atoms with Gasteiger partial charge in [0.1, 0.15) is 11.4 Å². The lowest BCUT2D eigenvalue weighted by molar-refractivity contribution is -0.577. The number of hydrogen-bond donors (Lipinski definition) is 0. The van der Waals surface area contributed by atoms with Crippen LogP contribution in [-0.2, 0) is 16.0 Å². The zero-order valence-electron chi connectivity index (χ0n) is 20.7. The van der Waals surface area contributed by atoms with Crippen molar-refractivity contribution < 1.29 is 23.7 Å². The number of aromatic nitrogens is 3. The number of rotatable bonds is 6. The molecule has 2 aromatic heterocycles. The number of imide groups is 1. The Kier molecular flexibility index (Phi) is 6.17. The molecule has 37 heavy (non-hydrogen) atoms. The third-order valence-corrected chi connectivity index (χ3v) is 6.25. The molecule has 0 saturated carbocycles. The molecule has 0 N–H and O–H groups in total. The molecule has 0 radical (unpaired) electrons. The second-order valence-electron chi connectivity index (χ2n) is 9.06. The molecule has 0 bridgehead atoms. The maximum Gasteiger partial charge on any atom is 0.331 e. The Hall–Kier alpha value is -4.59. The van der Waals surface area contributed by atoms with Crippen molar-refractivity contribution in [3.63, 3.8) is 0 Å². The molecular formula is C29H25FN4O3. The van der Waals surface area contributed by atoms with Gasteiger partial charge in [-0.15, -0.1) is 0 Å². The molecule has 2 amide bonds. The van der Waals surface area contributed by atoms with Crippen molar-refractivity contribution >= 4 is 28.8 Å². The number of halogens is 1. The molecule has 8 heteroatoms. The van der Waals surface area contributed by atoms with Gasteiger partial charge in [-0.2, -0.15) is 9.67 Å². The summed E-state index contributed by atoms with van der Waals surface area (Å²) in [4.78, 5) is 29.0. The SMILES string of the molecule is CCCc1nn(-c2ccc(F)cc2)c([O-])c1C1=C([n+]2cccc(C)c2)C(=O)N(c2cccc(C)c2)C1=O. The van der Waals surface area contributed by atoms with Gasteiger partial charge in [0.15, 0.2) is 12.4 Å². The van der Waals surface area contributed by atoms with E-state index in [1.807, 2.05) is 32.9 Å². The number of carbonyl (C=O) groups excluding carboxylic acids is 2. The smallest absolute Gasteiger partial charge is 0.331 e. The van der Waals surface area contributed by atoms with Crippen LogP contribution in [0.15, 0.2) is 73.1 Å². The highest BCUT2D eigenvalue weighted by Crippen LogP contribution is 2.39. The van der Waals surface area contributed by atoms with Crippen LogP contribution in [0.25, 0.3) is 17.0 Å². The van der Waals surface area contributed by atoms with Crippen molar-refractivity contribution in [3.05, 3.63) is 101 Å². The fourth-order valence-corrected chi connectivity index (χ4v) is 4.58. The van der Waals surface area contributed by atoms with Crippen molar-refractivity contribution in [2.24, 2.45) is 0 Å². The highest BCUT2D eigenvalue weighted by atomic mass is 19.1. The van der Waals surface area contributed by atoms with Gasteiger partial charge in [0.05, 0.1) is 17.1 Å². The normalized spacial score (nSPS) is 13.7. The lowest BCUT2D eigenvalue weighted by atomic mass is 10.0. The lowest BCUT2D eigenvalue weighted by Crippen LogP contribution is -2.39. The van der Waals surface area contributed by atoms with E-state index in [0.717, 1.165) is 16.0 Å². The van der Waals surface area contributed by atoms with Crippen LogP contribution in [0.2, 0.25) is 0 Å². The van der Waals surface area contributed by atoms with Gasteiger partial charge < -0.3 is 5.11 Å². The maximum absolute atomic E-state index is 14.0. The summed E-state index contributed by atoms with van der Waals surface area (Å²) in [5.74, 6) is -2.10. The number of benzene rings is 2. The molecule has 186 valence electrons. The minimum atomic E-state index is -0.590. The van der Waals surface area contributed by atoms with E-state index in [9.17, 15) is 19.1 Å². The number of amides is 2. The summed E-state index contributed by atoms with van der Waals surface area (Å²) >= 11 is 0. The Morgan fingerprint density at radius 1 is 0.946 bits per heavy atom. The van der Waals surface area contributed by atoms with E-state index in [0.29, 0.717) is 29.9 Å². The minimum absolute atomic E-state index is 0.00363. The van der Waals surface area contributed by atoms with Gasteiger partial charge in [-0.3, -0.25) is 9.59 Å². The topological polar surface area (TPSA) is 82.1 Å². The number of carbonyl (C=O) groups is 2. The van der Waals surface area contributed by atoms with Gasteiger partial charge in [0.2, 0.25) is 0 Å². The Bertz CT molecular complexity index is 1570. The van der Waals surface area contributed by atoms with Gasteiger partial charge in [-0.25, -0.2) is 14.0 Å². The first-order valence-corrected chi connectivity index (χ1v) is 12.0. The van der Waals surface area contributed by atoms with Gasteiger partial charge in [-0.1, -0.05) is 25.5 Å². The first-order valence-electron chi connectivity index (χ1n) is 12.0. The van der Waals surface area contributed by atoms with Crippen LogP contribution in [0.1, 0.15) is 35.7 Å². The van der Waals surface area contributed by atoms with Crippen LogP contribution in [0.4, 0.5) is 10.1 Å². The van der Waals surface area contributed by atoms with E-state index in [2.05, 4.69) is 5.10 Å². The van der Waals surface area contributed by atoms with Crippen LogP contribution in [0.3, 0.4) is 0 Å². The minimum Gasteiger partial charge on any atom is -0.858 e. The predicted molar refractivity (Wildman–Crippen MR) is 135 cm³/mol. The largest absolute Gasteiger partial charge is 0.858 e. The van der Waals surface area contributed by atoms with Crippen LogP contribution in [-0.4, -0.2) is 21.6 Å². The van der Waals surface area contributed by atoms with Crippen LogP contribution < -0.4 is 14.6 Å². The molecule has 0 atom stereocenters. The van der Waals surface area contributed by atoms with E-state index >= 15 is 0 Å². The van der Waals surface area contributed by atoms with Crippen LogP contribution in [0.5, 0.6) is 5.88 Å². The zero-order chi connectivity index (χ0) is 26.3. The molecule has 4 aromatic rings. The first-order chi connectivity index (χ1) is 17.8. The molecule has 2 aromatic carbocycles. The fraction of sp³-hybridized carbons (Fsp3) is 0.172. The Morgan fingerprint density at radius 2 is 1.68 bits per heavy atom. The van der Waals surface area contributed by atoms with Gasteiger partial charge in [0.25, 0.3) is 11.6 Å². The van der Waals surface area contributed by atoms with E-state index < -0.39 is 23.5 Å². The Labute approximate surface area is 213 Å². The molecule has 0 fully saturated rings. The summed E-state index contributed by atoms with van der Waals surface area (Å²) in [6.07, 6.45) is 4.51. The number of aryl methyl sites for hydroxylation is 3. The fourth-order valence-electron chi connectivity index (χ4n) is 4.58. The molecule has 0 spiro atoms. The Balaban J connectivity index is 1.78. The summed E-state index contributed by atoms with van der Waals surface area (Å²) in [6, 6.07) is 16.1. The lowest BCUT2D eigenvalue weighted by Gasteiger charge is -2.16. The third-order valence-electron chi connectivity index (χ3n) is 6.25. The first kappa shape index (κ1) is 24.1.